The molecule has 0 bridgehead atoms. The zero-order valence-corrected chi connectivity index (χ0v) is 17.6. The van der Waals surface area contributed by atoms with Gasteiger partial charge in [-0.1, -0.05) is 11.2 Å². The summed E-state index contributed by atoms with van der Waals surface area (Å²) in [6.45, 7) is 7.67. The minimum Gasteiger partial charge on any atom is -0.497 e. The van der Waals surface area contributed by atoms with Crippen LogP contribution in [0.15, 0.2) is 46.3 Å². The van der Waals surface area contributed by atoms with Crippen LogP contribution in [0, 0.1) is 0 Å². The molecule has 1 aliphatic heterocycles. The van der Waals surface area contributed by atoms with Crippen molar-refractivity contribution in [2.75, 3.05) is 46.4 Å². The zero-order chi connectivity index (χ0) is 20.1. The Morgan fingerprint density at radius 3 is 2.55 bits per heavy atom. The topological polar surface area (TPSA) is 63.9 Å². The first-order valence-corrected chi connectivity index (χ1v) is 10.7. The van der Waals surface area contributed by atoms with E-state index in [1.54, 1.807) is 18.4 Å². The lowest BCUT2D eigenvalue weighted by molar-refractivity contribution is 0.0800. The molecule has 7 nitrogen and oxygen atoms in total. The Morgan fingerprint density at radius 2 is 1.86 bits per heavy atom. The highest BCUT2D eigenvalue weighted by Crippen LogP contribution is 2.26. The van der Waals surface area contributed by atoms with Gasteiger partial charge in [-0.15, -0.1) is 11.3 Å². The number of nitrogens with zero attached hydrogens (tertiary/aromatic N) is 4. The highest BCUT2D eigenvalue weighted by Gasteiger charge is 2.26. The molecule has 0 amide bonds. The third kappa shape index (κ3) is 4.95. The van der Waals surface area contributed by atoms with Crippen molar-refractivity contribution >= 4 is 11.3 Å². The van der Waals surface area contributed by atoms with Crippen LogP contribution in [-0.2, 0) is 0 Å². The summed E-state index contributed by atoms with van der Waals surface area (Å²) in [5.41, 5.74) is 0. The van der Waals surface area contributed by atoms with Crippen LogP contribution >= 0.6 is 11.3 Å². The van der Waals surface area contributed by atoms with Crippen LogP contribution < -0.4 is 9.47 Å². The van der Waals surface area contributed by atoms with E-state index in [-0.39, 0.29) is 6.04 Å². The lowest BCUT2D eigenvalue weighted by Gasteiger charge is -2.36. The van der Waals surface area contributed by atoms with Crippen molar-refractivity contribution in [3.63, 3.8) is 0 Å². The Labute approximate surface area is 174 Å². The Hall–Kier alpha value is -2.42. The molecule has 1 atom stereocenters. The Kier molecular flexibility index (Phi) is 6.43. The second-order valence-electron chi connectivity index (χ2n) is 7.01. The number of ether oxygens (including phenoxy) is 2. The van der Waals surface area contributed by atoms with E-state index in [4.69, 9.17) is 14.0 Å². The average Bonchev–Trinajstić information content (AvgIpc) is 3.46. The standard InChI is InChI=1S/C21H26N4O3S/c1-16(21-22-20(23-28-21)19-4-3-15-29-19)25-11-9-24(10-12-25)13-14-27-18-7-5-17(26-2)6-8-18/h3-8,15-16H,9-14H2,1-2H3. The number of benzene rings is 1. The van der Waals surface area contributed by atoms with Crippen LogP contribution in [0.3, 0.4) is 0 Å². The van der Waals surface area contributed by atoms with Crippen LogP contribution in [0.4, 0.5) is 0 Å². The maximum Gasteiger partial charge on any atom is 0.244 e. The second-order valence-corrected chi connectivity index (χ2v) is 7.96. The molecule has 3 heterocycles. The first-order valence-electron chi connectivity index (χ1n) is 9.83. The molecular formula is C21H26N4O3S. The maximum atomic E-state index is 5.85. The van der Waals surface area contributed by atoms with E-state index in [9.17, 15) is 0 Å². The summed E-state index contributed by atoms with van der Waals surface area (Å²) in [5, 5.41) is 6.15. The molecule has 154 valence electrons. The third-order valence-electron chi connectivity index (χ3n) is 5.23. The molecule has 1 fully saturated rings. The van der Waals surface area contributed by atoms with Crippen molar-refractivity contribution in [1.29, 1.82) is 0 Å². The van der Waals surface area contributed by atoms with E-state index in [1.165, 1.54) is 0 Å². The zero-order valence-electron chi connectivity index (χ0n) is 16.8. The van der Waals surface area contributed by atoms with Crippen LogP contribution in [0.1, 0.15) is 18.9 Å². The highest BCUT2D eigenvalue weighted by atomic mass is 32.1. The SMILES string of the molecule is COc1ccc(OCCN2CCN(C(C)c3nc(-c4cccs4)no3)CC2)cc1. The minimum absolute atomic E-state index is 0.119. The molecule has 1 saturated heterocycles. The predicted molar refractivity (Wildman–Crippen MR) is 113 cm³/mol. The third-order valence-corrected chi connectivity index (χ3v) is 6.10. The molecule has 3 aromatic rings. The molecule has 1 aliphatic rings. The number of piperazine rings is 1. The normalized spacial score (nSPS) is 16.6. The number of rotatable bonds is 8. The number of hydrogen-bond acceptors (Lipinski definition) is 8. The summed E-state index contributed by atoms with van der Waals surface area (Å²) in [5.74, 6) is 3.07. The van der Waals surface area contributed by atoms with Crippen molar-refractivity contribution < 1.29 is 14.0 Å². The van der Waals surface area contributed by atoms with Gasteiger partial charge in [0, 0.05) is 32.7 Å². The molecule has 0 aliphatic carbocycles. The minimum atomic E-state index is 0.119. The van der Waals surface area contributed by atoms with E-state index in [2.05, 4.69) is 26.9 Å². The fourth-order valence-corrected chi connectivity index (χ4v) is 4.05. The van der Waals surface area contributed by atoms with Gasteiger partial charge in [0.15, 0.2) is 0 Å². The molecule has 2 aromatic heterocycles. The van der Waals surface area contributed by atoms with Crippen LogP contribution in [0.25, 0.3) is 10.7 Å². The van der Waals surface area contributed by atoms with Crippen LogP contribution in [0.2, 0.25) is 0 Å². The first-order chi connectivity index (χ1) is 14.2. The highest BCUT2D eigenvalue weighted by molar-refractivity contribution is 7.13. The van der Waals surface area contributed by atoms with Crippen LogP contribution in [0.5, 0.6) is 11.5 Å². The maximum absolute atomic E-state index is 5.85. The van der Waals surface area contributed by atoms with Gasteiger partial charge in [0.1, 0.15) is 18.1 Å². The summed E-state index contributed by atoms with van der Waals surface area (Å²) in [6.07, 6.45) is 0. The number of aromatic nitrogens is 2. The molecule has 0 spiro atoms. The summed E-state index contributed by atoms with van der Waals surface area (Å²) in [7, 11) is 1.66. The van der Waals surface area contributed by atoms with Gasteiger partial charge in [-0.25, -0.2) is 0 Å². The van der Waals surface area contributed by atoms with Gasteiger partial charge in [0.2, 0.25) is 11.7 Å². The van der Waals surface area contributed by atoms with Gasteiger partial charge in [-0.05, 0) is 42.6 Å². The molecule has 29 heavy (non-hydrogen) atoms. The summed E-state index contributed by atoms with van der Waals surface area (Å²) >= 11 is 1.62. The smallest absolute Gasteiger partial charge is 0.244 e. The van der Waals surface area contributed by atoms with Crippen molar-refractivity contribution in [2.24, 2.45) is 0 Å². The molecule has 8 heteroatoms. The lowest BCUT2D eigenvalue weighted by Crippen LogP contribution is -2.48. The molecule has 0 saturated carbocycles. The van der Waals surface area contributed by atoms with E-state index >= 15 is 0 Å². The van der Waals surface area contributed by atoms with E-state index in [0.717, 1.165) is 49.1 Å². The summed E-state index contributed by atoms with van der Waals surface area (Å²) in [6, 6.07) is 11.8. The van der Waals surface area contributed by atoms with Crippen molar-refractivity contribution in [3.8, 4) is 22.2 Å². The number of methoxy groups -OCH3 is 1. The number of hydrogen-bond donors (Lipinski definition) is 0. The average molecular weight is 415 g/mol. The summed E-state index contributed by atoms with van der Waals surface area (Å²) < 4.78 is 16.5. The van der Waals surface area contributed by atoms with Gasteiger partial charge in [0.05, 0.1) is 18.0 Å². The first kappa shape index (κ1) is 19.9. The predicted octanol–water partition coefficient (Wildman–Crippen LogP) is 3.56. The van der Waals surface area contributed by atoms with Gasteiger partial charge in [-0.3, -0.25) is 9.80 Å². The largest absolute Gasteiger partial charge is 0.497 e. The van der Waals surface area contributed by atoms with Gasteiger partial charge in [-0.2, -0.15) is 4.98 Å². The molecular weight excluding hydrogens is 388 g/mol. The van der Waals surface area contributed by atoms with Crippen LogP contribution in [-0.4, -0.2) is 66.4 Å². The van der Waals surface area contributed by atoms with Gasteiger partial charge in [0.25, 0.3) is 0 Å². The van der Waals surface area contributed by atoms with E-state index < -0.39 is 0 Å². The Bertz CT molecular complexity index is 874. The quantitative estimate of drug-likeness (QED) is 0.558. The fraction of sp³-hybridized carbons (Fsp3) is 0.429. The fourth-order valence-electron chi connectivity index (χ4n) is 3.41. The Morgan fingerprint density at radius 1 is 1.10 bits per heavy atom. The molecule has 0 N–H and O–H groups in total. The van der Waals surface area contributed by atoms with Crippen molar-refractivity contribution in [2.45, 2.75) is 13.0 Å². The van der Waals surface area contributed by atoms with Gasteiger partial charge >= 0.3 is 0 Å². The second kappa shape index (κ2) is 9.39. The Balaban J connectivity index is 1.21. The van der Waals surface area contributed by atoms with Crippen molar-refractivity contribution in [1.82, 2.24) is 19.9 Å². The van der Waals surface area contributed by atoms with E-state index in [1.807, 2.05) is 41.8 Å². The van der Waals surface area contributed by atoms with Crippen molar-refractivity contribution in [3.05, 3.63) is 47.7 Å². The molecule has 4 rings (SSSR count). The van der Waals surface area contributed by atoms with E-state index in [0.29, 0.717) is 18.3 Å². The summed E-state index contributed by atoms with van der Waals surface area (Å²) in [4.78, 5) is 10.5. The molecule has 1 unspecified atom stereocenters. The van der Waals surface area contributed by atoms with Gasteiger partial charge < -0.3 is 14.0 Å². The molecule has 1 aromatic carbocycles. The number of thiophene rings is 1. The molecule has 0 radical (unpaired) electrons. The lowest BCUT2D eigenvalue weighted by atomic mass is 10.2. The monoisotopic (exact) mass is 414 g/mol.